The van der Waals surface area contributed by atoms with Crippen molar-refractivity contribution in [3.8, 4) is 0 Å². The molecule has 1 unspecified atom stereocenters. The lowest BCUT2D eigenvalue weighted by molar-refractivity contribution is 0.244. The lowest BCUT2D eigenvalue weighted by Crippen LogP contribution is -2.32. The molecule has 0 aromatic heterocycles. The first kappa shape index (κ1) is 5.03. The van der Waals surface area contributed by atoms with Gasteiger partial charge in [-0.1, -0.05) is 0 Å². The molecule has 7 heavy (non-hydrogen) atoms. The maximum atomic E-state index is 3.18. The second-order valence-corrected chi connectivity index (χ2v) is 1.83. The van der Waals surface area contributed by atoms with Crippen LogP contribution < -0.4 is 10.7 Å². The summed E-state index contributed by atoms with van der Waals surface area (Å²) < 4.78 is 0. The molecule has 0 aliphatic carbocycles. The summed E-state index contributed by atoms with van der Waals surface area (Å²) in [6.07, 6.45) is 0.486. The summed E-state index contributed by atoms with van der Waals surface area (Å²) in [7, 11) is 2.02. The minimum atomic E-state index is 0.486. The van der Waals surface area contributed by atoms with E-state index in [1.807, 2.05) is 12.1 Å². The van der Waals surface area contributed by atoms with Gasteiger partial charge in [-0.05, 0) is 6.92 Å². The summed E-state index contributed by atoms with van der Waals surface area (Å²) in [5.74, 6) is 0. The van der Waals surface area contributed by atoms with E-state index in [1.54, 1.807) is 0 Å². The summed E-state index contributed by atoms with van der Waals surface area (Å²) in [6.45, 7) is 3.01. The van der Waals surface area contributed by atoms with Crippen LogP contribution in [0.15, 0.2) is 0 Å². The Labute approximate surface area is 43.7 Å². The van der Waals surface area contributed by atoms with Crippen LogP contribution in [-0.4, -0.2) is 24.9 Å². The highest BCUT2D eigenvalue weighted by Gasteiger charge is 2.12. The number of hydrogen-bond donors (Lipinski definition) is 2. The van der Waals surface area contributed by atoms with Gasteiger partial charge in [0.1, 0.15) is 0 Å². The van der Waals surface area contributed by atoms with Crippen LogP contribution >= 0.6 is 0 Å². The van der Waals surface area contributed by atoms with Gasteiger partial charge in [-0.25, -0.2) is 10.4 Å². The van der Waals surface area contributed by atoms with Crippen molar-refractivity contribution >= 4 is 0 Å². The van der Waals surface area contributed by atoms with Gasteiger partial charge in [0.15, 0.2) is 0 Å². The van der Waals surface area contributed by atoms with Gasteiger partial charge in [-0.15, -0.1) is 0 Å². The van der Waals surface area contributed by atoms with E-state index in [-0.39, 0.29) is 0 Å². The number of nitrogens with zero attached hydrogens (tertiary/aromatic N) is 1. The first-order valence-corrected chi connectivity index (χ1v) is 2.50. The molecule has 1 rings (SSSR count). The maximum absolute atomic E-state index is 3.18. The minimum absolute atomic E-state index is 0.486. The zero-order valence-corrected chi connectivity index (χ0v) is 4.73. The SMILES string of the molecule is CC1NCNN1C. The quantitative estimate of drug-likeness (QED) is 0.424. The molecule has 1 fully saturated rings. The third kappa shape index (κ3) is 0.907. The van der Waals surface area contributed by atoms with Crippen LogP contribution in [0.25, 0.3) is 0 Å². The lowest BCUT2D eigenvalue weighted by Gasteiger charge is -2.11. The Kier molecular flexibility index (Phi) is 1.27. The predicted octanol–water partition coefficient (Wildman–Crippen LogP) is -0.670. The molecule has 42 valence electrons. The Morgan fingerprint density at radius 2 is 2.43 bits per heavy atom. The van der Waals surface area contributed by atoms with Gasteiger partial charge < -0.3 is 0 Å². The summed E-state index contributed by atoms with van der Waals surface area (Å²) in [5.41, 5.74) is 3.09. The highest BCUT2D eigenvalue weighted by atomic mass is 15.6. The predicted molar refractivity (Wildman–Crippen MR) is 28.4 cm³/mol. The fraction of sp³-hybridized carbons (Fsp3) is 1.00. The van der Waals surface area contributed by atoms with Gasteiger partial charge in [-0.3, -0.25) is 5.32 Å². The molecule has 3 heteroatoms. The van der Waals surface area contributed by atoms with E-state index >= 15 is 0 Å². The van der Waals surface area contributed by atoms with Crippen LogP contribution in [0.1, 0.15) is 6.92 Å². The van der Waals surface area contributed by atoms with Gasteiger partial charge in [0.2, 0.25) is 0 Å². The molecular weight excluding hydrogens is 90.1 g/mol. The van der Waals surface area contributed by atoms with E-state index in [4.69, 9.17) is 0 Å². The van der Waals surface area contributed by atoms with Crippen LogP contribution in [-0.2, 0) is 0 Å². The van der Waals surface area contributed by atoms with Gasteiger partial charge >= 0.3 is 0 Å². The zero-order chi connectivity index (χ0) is 5.28. The summed E-state index contributed by atoms with van der Waals surface area (Å²) in [4.78, 5) is 0. The molecule has 0 spiro atoms. The van der Waals surface area contributed by atoms with Crippen molar-refractivity contribution in [1.29, 1.82) is 0 Å². The van der Waals surface area contributed by atoms with E-state index in [0.29, 0.717) is 6.17 Å². The maximum Gasteiger partial charge on any atom is 0.0711 e. The molecule has 0 saturated carbocycles. The fourth-order valence-corrected chi connectivity index (χ4v) is 0.592. The largest absolute Gasteiger partial charge is 0.287 e. The first-order chi connectivity index (χ1) is 3.30. The van der Waals surface area contributed by atoms with Crippen molar-refractivity contribution in [3.63, 3.8) is 0 Å². The molecule has 2 N–H and O–H groups in total. The Hall–Kier alpha value is -0.120. The molecule has 0 bridgehead atoms. The van der Waals surface area contributed by atoms with Crippen LogP contribution in [0, 0.1) is 0 Å². The van der Waals surface area contributed by atoms with E-state index < -0.39 is 0 Å². The average Bonchev–Trinajstić information content (AvgIpc) is 1.91. The topological polar surface area (TPSA) is 27.3 Å². The Morgan fingerprint density at radius 1 is 1.71 bits per heavy atom. The van der Waals surface area contributed by atoms with Gasteiger partial charge in [0, 0.05) is 7.05 Å². The van der Waals surface area contributed by atoms with Crippen molar-refractivity contribution in [1.82, 2.24) is 15.8 Å². The second-order valence-electron chi connectivity index (χ2n) is 1.83. The van der Waals surface area contributed by atoms with Gasteiger partial charge in [-0.2, -0.15) is 0 Å². The minimum Gasteiger partial charge on any atom is -0.287 e. The number of hydrogen-bond acceptors (Lipinski definition) is 3. The van der Waals surface area contributed by atoms with Gasteiger partial charge in [0.25, 0.3) is 0 Å². The van der Waals surface area contributed by atoms with Crippen molar-refractivity contribution in [2.75, 3.05) is 13.7 Å². The third-order valence-electron chi connectivity index (χ3n) is 1.31. The summed E-state index contributed by atoms with van der Waals surface area (Å²) >= 11 is 0. The molecule has 0 radical (unpaired) electrons. The number of rotatable bonds is 0. The Balaban J connectivity index is 2.33. The monoisotopic (exact) mass is 101 g/mol. The highest BCUT2D eigenvalue weighted by Crippen LogP contribution is 1.89. The van der Waals surface area contributed by atoms with Crippen molar-refractivity contribution in [2.24, 2.45) is 0 Å². The van der Waals surface area contributed by atoms with Crippen molar-refractivity contribution < 1.29 is 0 Å². The van der Waals surface area contributed by atoms with Crippen LogP contribution in [0.4, 0.5) is 0 Å². The smallest absolute Gasteiger partial charge is 0.0711 e. The molecule has 1 heterocycles. The molecule has 1 aliphatic heterocycles. The number of nitrogens with one attached hydrogen (secondary N) is 2. The molecule has 0 amide bonds. The molecule has 0 aromatic carbocycles. The fourth-order valence-electron chi connectivity index (χ4n) is 0.592. The Bertz CT molecular complexity index is 56.0. The zero-order valence-electron chi connectivity index (χ0n) is 4.73. The first-order valence-electron chi connectivity index (χ1n) is 2.50. The number of hydrazine groups is 1. The highest BCUT2D eigenvalue weighted by molar-refractivity contribution is 4.61. The van der Waals surface area contributed by atoms with Crippen LogP contribution in [0.3, 0.4) is 0 Å². The Morgan fingerprint density at radius 3 is 2.57 bits per heavy atom. The average molecular weight is 101 g/mol. The molecule has 0 aromatic rings. The lowest BCUT2D eigenvalue weighted by atomic mass is 10.6. The van der Waals surface area contributed by atoms with E-state index in [2.05, 4.69) is 17.7 Å². The van der Waals surface area contributed by atoms with Crippen molar-refractivity contribution in [3.05, 3.63) is 0 Å². The van der Waals surface area contributed by atoms with Crippen LogP contribution in [0.2, 0.25) is 0 Å². The van der Waals surface area contributed by atoms with Gasteiger partial charge in [0.05, 0.1) is 12.8 Å². The normalized spacial score (nSPS) is 34.3. The van der Waals surface area contributed by atoms with E-state index in [9.17, 15) is 0 Å². The van der Waals surface area contributed by atoms with Crippen molar-refractivity contribution in [2.45, 2.75) is 13.1 Å². The second kappa shape index (κ2) is 1.78. The molecule has 1 saturated heterocycles. The summed E-state index contributed by atoms with van der Waals surface area (Å²) in [5, 5.41) is 5.23. The molecular formula is C4H11N3. The summed E-state index contributed by atoms with van der Waals surface area (Å²) in [6, 6.07) is 0. The molecule has 1 atom stereocenters. The van der Waals surface area contributed by atoms with Crippen LogP contribution in [0.5, 0.6) is 0 Å². The third-order valence-corrected chi connectivity index (χ3v) is 1.31. The standard InChI is InChI=1S/C4H11N3/c1-4-5-3-6-7(4)2/h4-6H,3H2,1-2H3. The van der Waals surface area contributed by atoms with E-state index in [0.717, 1.165) is 6.67 Å². The van der Waals surface area contributed by atoms with E-state index in [1.165, 1.54) is 0 Å². The molecule has 3 nitrogen and oxygen atoms in total. The molecule has 1 aliphatic rings.